The zero-order valence-electron chi connectivity index (χ0n) is 8.43. The molecule has 2 nitrogen and oxygen atoms in total. The quantitative estimate of drug-likeness (QED) is 0.855. The van der Waals surface area contributed by atoms with E-state index >= 15 is 0 Å². The van der Waals surface area contributed by atoms with Gasteiger partial charge in [-0.1, -0.05) is 19.1 Å². The number of amides is 1. The Morgan fingerprint density at radius 2 is 2.21 bits per heavy atom. The summed E-state index contributed by atoms with van der Waals surface area (Å²) in [4.78, 5) is 11.0. The van der Waals surface area contributed by atoms with Gasteiger partial charge in [0.15, 0.2) is 0 Å². The predicted molar refractivity (Wildman–Crippen MR) is 66.0 cm³/mol. The Bertz CT molecular complexity index is 336. The third-order valence-electron chi connectivity index (χ3n) is 2.03. The predicted octanol–water partition coefficient (Wildman–Crippen LogP) is 2.63. The van der Waals surface area contributed by atoms with Gasteiger partial charge in [-0.3, -0.25) is 4.79 Å². The number of halogens is 1. The lowest BCUT2D eigenvalue weighted by Crippen LogP contribution is -2.21. The molecule has 0 spiro atoms. The monoisotopic (exact) mass is 303 g/mol. The molecule has 0 fully saturated rings. The van der Waals surface area contributed by atoms with E-state index in [0.29, 0.717) is 13.0 Å². The van der Waals surface area contributed by atoms with Crippen LogP contribution in [0.15, 0.2) is 18.2 Å². The highest BCUT2D eigenvalue weighted by molar-refractivity contribution is 14.1. The Kier molecular flexibility index (Phi) is 4.38. The van der Waals surface area contributed by atoms with Gasteiger partial charge in [0.1, 0.15) is 0 Å². The number of carbonyl (C=O) groups excluding carboxylic acids is 1. The van der Waals surface area contributed by atoms with Crippen molar-refractivity contribution in [1.29, 1.82) is 0 Å². The fourth-order valence-corrected chi connectivity index (χ4v) is 1.48. The van der Waals surface area contributed by atoms with Crippen molar-refractivity contribution >= 4 is 28.5 Å². The van der Waals surface area contributed by atoms with Gasteiger partial charge in [-0.2, -0.15) is 0 Å². The third-order valence-corrected chi connectivity index (χ3v) is 3.24. The molecule has 3 heteroatoms. The average molecular weight is 303 g/mol. The minimum absolute atomic E-state index is 0.0983. The molecule has 76 valence electrons. The SMILES string of the molecule is CCC(=O)NCc1ccc(I)c(C)c1. The topological polar surface area (TPSA) is 29.1 Å². The second-order valence-corrected chi connectivity index (χ2v) is 4.38. The van der Waals surface area contributed by atoms with Crippen molar-refractivity contribution in [2.24, 2.45) is 0 Å². The second-order valence-electron chi connectivity index (χ2n) is 3.21. The van der Waals surface area contributed by atoms with Gasteiger partial charge in [0.05, 0.1) is 0 Å². The summed E-state index contributed by atoms with van der Waals surface area (Å²) >= 11 is 2.30. The number of rotatable bonds is 3. The molecule has 0 aliphatic rings. The standard InChI is InChI=1S/C11H14INO/c1-3-11(14)13-7-9-4-5-10(12)8(2)6-9/h4-6H,3,7H2,1-2H3,(H,13,14). The van der Waals surface area contributed by atoms with Crippen LogP contribution in [0.2, 0.25) is 0 Å². The molecule has 1 aromatic carbocycles. The van der Waals surface area contributed by atoms with Crippen molar-refractivity contribution in [3.63, 3.8) is 0 Å². The number of carbonyl (C=O) groups is 1. The van der Waals surface area contributed by atoms with Gasteiger partial charge < -0.3 is 5.32 Å². The highest BCUT2D eigenvalue weighted by Crippen LogP contribution is 2.12. The van der Waals surface area contributed by atoms with E-state index in [1.54, 1.807) is 0 Å². The van der Waals surface area contributed by atoms with E-state index in [1.165, 1.54) is 9.13 Å². The van der Waals surface area contributed by atoms with E-state index in [-0.39, 0.29) is 5.91 Å². The van der Waals surface area contributed by atoms with Crippen molar-refractivity contribution < 1.29 is 4.79 Å². The van der Waals surface area contributed by atoms with E-state index in [2.05, 4.69) is 47.0 Å². The first kappa shape index (κ1) is 11.5. The molecule has 1 amide bonds. The van der Waals surface area contributed by atoms with Crippen molar-refractivity contribution in [3.05, 3.63) is 32.9 Å². The Morgan fingerprint density at radius 3 is 2.79 bits per heavy atom. The number of hydrogen-bond donors (Lipinski definition) is 1. The maximum atomic E-state index is 11.0. The molecule has 0 aromatic heterocycles. The van der Waals surface area contributed by atoms with Crippen LogP contribution in [0.1, 0.15) is 24.5 Å². The van der Waals surface area contributed by atoms with Gasteiger partial charge in [-0.05, 0) is 46.7 Å². The first-order chi connectivity index (χ1) is 6.63. The second kappa shape index (κ2) is 5.34. The summed E-state index contributed by atoms with van der Waals surface area (Å²) in [5.41, 5.74) is 2.42. The molecule has 1 rings (SSSR count). The van der Waals surface area contributed by atoms with Gasteiger partial charge in [-0.15, -0.1) is 0 Å². The summed E-state index contributed by atoms with van der Waals surface area (Å²) in [5, 5.41) is 2.85. The maximum Gasteiger partial charge on any atom is 0.219 e. The van der Waals surface area contributed by atoms with Gasteiger partial charge >= 0.3 is 0 Å². The Hall–Kier alpha value is -0.580. The minimum Gasteiger partial charge on any atom is -0.352 e. The van der Waals surface area contributed by atoms with E-state index in [1.807, 2.05) is 13.0 Å². The molecule has 0 aliphatic heterocycles. The van der Waals surface area contributed by atoms with Crippen LogP contribution < -0.4 is 5.32 Å². The highest BCUT2D eigenvalue weighted by Gasteiger charge is 1.99. The summed E-state index contributed by atoms with van der Waals surface area (Å²) < 4.78 is 1.26. The van der Waals surface area contributed by atoms with E-state index in [9.17, 15) is 4.79 Å². The fourth-order valence-electron chi connectivity index (χ4n) is 1.14. The number of nitrogens with one attached hydrogen (secondary N) is 1. The summed E-state index contributed by atoms with van der Waals surface area (Å²) in [6.45, 7) is 4.56. The summed E-state index contributed by atoms with van der Waals surface area (Å²) in [6, 6.07) is 6.23. The van der Waals surface area contributed by atoms with Gasteiger partial charge in [0, 0.05) is 16.5 Å². The van der Waals surface area contributed by atoms with Crippen LogP contribution in [0, 0.1) is 10.5 Å². The van der Waals surface area contributed by atoms with Crippen molar-refractivity contribution in [2.45, 2.75) is 26.8 Å². The first-order valence-corrected chi connectivity index (χ1v) is 5.73. The molecular formula is C11H14INO. The minimum atomic E-state index is 0.0983. The van der Waals surface area contributed by atoms with Crippen molar-refractivity contribution in [3.8, 4) is 0 Å². The van der Waals surface area contributed by atoms with Gasteiger partial charge in [0.2, 0.25) is 5.91 Å². The molecule has 0 unspecified atom stereocenters. The van der Waals surface area contributed by atoms with E-state index in [4.69, 9.17) is 0 Å². The molecule has 0 saturated heterocycles. The number of hydrogen-bond acceptors (Lipinski definition) is 1. The van der Waals surface area contributed by atoms with Gasteiger partial charge in [0.25, 0.3) is 0 Å². The number of aryl methyl sites for hydroxylation is 1. The summed E-state index contributed by atoms with van der Waals surface area (Å²) in [7, 11) is 0. The van der Waals surface area contributed by atoms with Crippen LogP contribution in [-0.4, -0.2) is 5.91 Å². The van der Waals surface area contributed by atoms with Gasteiger partial charge in [-0.25, -0.2) is 0 Å². The van der Waals surface area contributed by atoms with Crippen LogP contribution in [0.25, 0.3) is 0 Å². The van der Waals surface area contributed by atoms with Crippen LogP contribution in [0.5, 0.6) is 0 Å². The molecular weight excluding hydrogens is 289 g/mol. The van der Waals surface area contributed by atoms with Crippen LogP contribution in [-0.2, 0) is 11.3 Å². The smallest absolute Gasteiger partial charge is 0.219 e. The van der Waals surface area contributed by atoms with E-state index in [0.717, 1.165) is 5.56 Å². The lowest BCUT2D eigenvalue weighted by atomic mass is 10.1. The average Bonchev–Trinajstić information content (AvgIpc) is 2.19. The highest BCUT2D eigenvalue weighted by atomic mass is 127. The van der Waals surface area contributed by atoms with Crippen LogP contribution in [0.4, 0.5) is 0 Å². The summed E-state index contributed by atoms with van der Waals surface area (Å²) in [6.07, 6.45) is 0.545. The molecule has 1 aromatic rings. The van der Waals surface area contributed by atoms with Crippen LogP contribution in [0.3, 0.4) is 0 Å². The first-order valence-electron chi connectivity index (χ1n) is 4.65. The van der Waals surface area contributed by atoms with Crippen LogP contribution >= 0.6 is 22.6 Å². The zero-order chi connectivity index (χ0) is 10.6. The molecule has 0 heterocycles. The maximum absolute atomic E-state index is 11.0. The number of benzene rings is 1. The Morgan fingerprint density at radius 1 is 1.50 bits per heavy atom. The zero-order valence-corrected chi connectivity index (χ0v) is 10.6. The normalized spacial score (nSPS) is 9.93. The molecule has 1 N–H and O–H groups in total. The Labute approximate surface area is 98.2 Å². The molecule has 0 aliphatic carbocycles. The molecule has 0 saturated carbocycles. The molecule has 0 bridgehead atoms. The molecule has 14 heavy (non-hydrogen) atoms. The lowest BCUT2D eigenvalue weighted by Gasteiger charge is -2.05. The largest absolute Gasteiger partial charge is 0.352 e. The third kappa shape index (κ3) is 3.29. The van der Waals surface area contributed by atoms with Crippen molar-refractivity contribution in [2.75, 3.05) is 0 Å². The molecule has 0 radical (unpaired) electrons. The Balaban J connectivity index is 2.60. The summed E-state index contributed by atoms with van der Waals surface area (Å²) in [5.74, 6) is 0.0983. The van der Waals surface area contributed by atoms with Crippen molar-refractivity contribution in [1.82, 2.24) is 5.32 Å². The fraction of sp³-hybridized carbons (Fsp3) is 0.364. The van der Waals surface area contributed by atoms with E-state index < -0.39 is 0 Å². The lowest BCUT2D eigenvalue weighted by molar-refractivity contribution is -0.120. The molecule has 0 atom stereocenters.